The number of hydrogen-bond acceptors (Lipinski definition) is 2. The Balaban J connectivity index is 1.92. The van der Waals surface area contributed by atoms with E-state index in [1.807, 2.05) is 12.1 Å². The topological polar surface area (TPSA) is 21.3 Å². The van der Waals surface area contributed by atoms with Crippen molar-refractivity contribution in [2.75, 3.05) is 0 Å². The summed E-state index contributed by atoms with van der Waals surface area (Å²) in [5.74, 6) is -0.164. The maximum Gasteiger partial charge on any atom is 0.128 e. The minimum atomic E-state index is -0.164. The Morgan fingerprint density at radius 3 is 2.78 bits per heavy atom. The Morgan fingerprint density at radius 1 is 1.39 bits per heavy atom. The second kappa shape index (κ2) is 6.30. The van der Waals surface area contributed by atoms with Gasteiger partial charge in [0.15, 0.2) is 0 Å². The lowest BCUT2D eigenvalue weighted by atomic mass is 9.96. The summed E-state index contributed by atoms with van der Waals surface area (Å²) in [5.41, 5.74) is 1.78. The molecular formula is C15H22FNO. The van der Waals surface area contributed by atoms with Crippen LogP contribution in [0.15, 0.2) is 18.2 Å². The number of rotatable bonds is 6. The van der Waals surface area contributed by atoms with Gasteiger partial charge < -0.3 is 10.1 Å². The molecule has 1 N–H and O–H groups in total. The van der Waals surface area contributed by atoms with Gasteiger partial charge >= 0.3 is 0 Å². The number of hydrogen-bond donors (Lipinski definition) is 1. The second-order valence-electron chi connectivity index (χ2n) is 5.33. The Hall–Kier alpha value is -0.930. The first-order valence-electron chi connectivity index (χ1n) is 6.77. The molecule has 1 saturated carbocycles. The average molecular weight is 251 g/mol. The van der Waals surface area contributed by atoms with Crippen molar-refractivity contribution in [3.05, 3.63) is 35.1 Å². The fourth-order valence-electron chi connectivity index (χ4n) is 1.92. The maximum atomic E-state index is 13.6. The fraction of sp³-hybridized carbons (Fsp3) is 0.600. The second-order valence-corrected chi connectivity index (χ2v) is 5.33. The summed E-state index contributed by atoms with van der Waals surface area (Å²) in [4.78, 5) is 0. The molecule has 2 rings (SSSR count). The Morgan fingerprint density at radius 2 is 2.17 bits per heavy atom. The predicted octanol–water partition coefficient (Wildman–Crippen LogP) is 3.39. The zero-order valence-electron chi connectivity index (χ0n) is 11.2. The van der Waals surface area contributed by atoms with Crippen molar-refractivity contribution in [1.82, 2.24) is 5.32 Å². The highest BCUT2D eigenvalue weighted by atomic mass is 19.1. The van der Waals surface area contributed by atoms with E-state index >= 15 is 0 Å². The molecule has 0 bridgehead atoms. The average Bonchev–Trinajstić information content (AvgIpc) is 2.27. The molecule has 1 aromatic carbocycles. The molecule has 0 saturated heterocycles. The Kier molecular flexibility index (Phi) is 4.72. The largest absolute Gasteiger partial charge is 0.373 e. The fourth-order valence-corrected chi connectivity index (χ4v) is 1.92. The van der Waals surface area contributed by atoms with Gasteiger partial charge in [-0.2, -0.15) is 0 Å². The lowest BCUT2D eigenvalue weighted by Gasteiger charge is -2.25. The summed E-state index contributed by atoms with van der Waals surface area (Å²) in [6.45, 7) is 5.37. The standard InChI is InChI=1S/C15H22FNO/c1-11(2)17-9-12-6-7-15(16)13(8-12)10-18-14-4-3-5-14/h6-8,11,14,17H,3-5,9-10H2,1-2H3. The third kappa shape index (κ3) is 3.79. The molecule has 100 valence electrons. The lowest BCUT2D eigenvalue weighted by Crippen LogP contribution is -2.22. The summed E-state index contributed by atoms with van der Waals surface area (Å²) >= 11 is 0. The summed E-state index contributed by atoms with van der Waals surface area (Å²) in [5, 5.41) is 3.33. The molecule has 1 aromatic rings. The highest BCUT2D eigenvalue weighted by molar-refractivity contribution is 5.24. The normalized spacial score (nSPS) is 16.0. The molecule has 0 spiro atoms. The molecule has 1 fully saturated rings. The van der Waals surface area contributed by atoms with Gasteiger partial charge in [0.1, 0.15) is 5.82 Å². The molecule has 18 heavy (non-hydrogen) atoms. The minimum absolute atomic E-state index is 0.164. The smallest absolute Gasteiger partial charge is 0.128 e. The van der Waals surface area contributed by atoms with Gasteiger partial charge in [0.2, 0.25) is 0 Å². The van der Waals surface area contributed by atoms with Crippen molar-refractivity contribution >= 4 is 0 Å². The minimum Gasteiger partial charge on any atom is -0.373 e. The molecule has 0 aliphatic heterocycles. The lowest BCUT2D eigenvalue weighted by molar-refractivity contribution is -0.00978. The van der Waals surface area contributed by atoms with Gasteiger partial charge in [-0.25, -0.2) is 4.39 Å². The summed E-state index contributed by atoms with van der Waals surface area (Å²) in [6.07, 6.45) is 3.83. The molecule has 2 nitrogen and oxygen atoms in total. The van der Waals surface area contributed by atoms with Crippen molar-refractivity contribution in [2.45, 2.75) is 58.4 Å². The van der Waals surface area contributed by atoms with E-state index in [0.29, 0.717) is 24.3 Å². The van der Waals surface area contributed by atoms with Gasteiger partial charge in [-0.1, -0.05) is 19.9 Å². The zero-order chi connectivity index (χ0) is 13.0. The van der Waals surface area contributed by atoms with Gasteiger partial charge in [-0.05, 0) is 37.0 Å². The molecule has 0 aromatic heterocycles. The van der Waals surface area contributed by atoms with E-state index in [1.54, 1.807) is 0 Å². The van der Waals surface area contributed by atoms with Gasteiger partial charge in [0.05, 0.1) is 12.7 Å². The monoisotopic (exact) mass is 251 g/mol. The molecule has 0 atom stereocenters. The summed E-state index contributed by atoms with van der Waals surface area (Å²) in [6, 6.07) is 5.71. The maximum absolute atomic E-state index is 13.6. The molecule has 3 heteroatoms. The van der Waals surface area contributed by atoms with Crippen LogP contribution in [0.1, 0.15) is 44.2 Å². The quantitative estimate of drug-likeness (QED) is 0.836. The van der Waals surface area contributed by atoms with Crippen LogP contribution >= 0.6 is 0 Å². The van der Waals surface area contributed by atoms with E-state index < -0.39 is 0 Å². The molecule has 0 amide bonds. The third-order valence-corrected chi connectivity index (χ3v) is 3.35. The van der Waals surface area contributed by atoms with Crippen LogP contribution in [-0.2, 0) is 17.9 Å². The molecule has 0 unspecified atom stereocenters. The van der Waals surface area contributed by atoms with Crippen molar-refractivity contribution in [2.24, 2.45) is 0 Å². The number of benzene rings is 1. The highest BCUT2D eigenvalue weighted by Crippen LogP contribution is 2.23. The van der Waals surface area contributed by atoms with E-state index in [-0.39, 0.29) is 5.82 Å². The van der Waals surface area contributed by atoms with Crippen molar-refractivity contribution < 1.29 is 9.13 Å². The molecule has 0 radical (unpaired) electrons. The van der Waals surface area contributed by atoms with Crippen LogP contribution in [0.25, 0.3) is 0 Å². The van der Waals surface area contributed by atoms with E-state index in [0.717, 1.165) is 24.9 Å². The van der Waals surface area contributed by atoms with E-state index in [2.05, 4.69) is 19.2 Å². The van der Waals surface area contributed by atoms with Crippen LogP contribution in [-0.4, -0.2) is 12.1 Å². The predicted molar refractivity (Wildman–Crippen MR) is 70.8 cm³/mol. The van der Waals surface area contributed by atoms with Gasteiger partial charge in [-0.15, -0.1) is 0 Å². The van der Waals surface area contributed by atoms with Crippen molar-refractivity contribution in [3.8, 4) is 0 Å². The first-order chi connectivity index (χ1) is 8.65. The third-order valence-electron chi connectivity index (χ3n) is 3.35. The van der Waals surface area contributed by atoms with Crippen LogP contribution < -0.4 is 5.32 Å². The van der Waals surface area contributed by atoms with E-state index in [9.17, 15) is 4.39 Å². The number of nitrogens with one attached hydrogen (secondary N) is 1. The summed E-state index contributed by atoms with van der Waals surface area (Å²) in [7, 11) is 0. The Labute approximate surface area is 109 Å². The van der Waals surface area contributed by atoms with Crippen LogP contribution in [0, 0.1) is 5.82 Å². The van der Waals surface area contributed by atoms with Crippen LogP contribution in [0.3, 0.4) is 0 Å². The molecular weight excluding hydrogens is 229 g/mol. The Bertz CT molecular complexity index is 388. The first kappa shape index (κ1) is 13.5. The zero-order valence-corrected chi connectivity index (χ0v) is 11.2. The molecule has 1 aliphatic carbocycles. The molecule has 1 aliphatic rings. The van der Waals surface area contributed by atoms with E-state index in [1.165, 1.54) is 12.5 Å². The number of ether oxygens (including phenoxy) is 1. The highest BCUT2D eigenvalue weighted by Gasteiger charge is 2.18. The van der Waals surface area contributed by atoms with Crippen LogP contribution in [0.2, 0.25) is 0 Å². The SMILES string of the molecule is CC(C)NCc1ccc(F)c(COC2CCC2)c1. The van der Waals surface area contributed by atoms with Gasteiger partial charge in [-0.3, -0.25) is 0 Å². The van der Waals surface area contributed by atoms with Crippen molar-refractivity contribution in [3.63, 3.8) is 0 Å². The van der Waals surface area contributed by atoms with Crippen LogP contribution in [0.5, 0.6) is 0 Å². The van der Waals surface area contributed by atoms with Crippen LogP contribution in [0.4, 0.5) is 4.39 Å². The van der Waals surface area contributed by atoms with Gasteiger partial charge in [0, 0.05) is 18.2 Å². The van der Waals surface area contributed by atoms with Crippen molar-refractivity contribution in [1.29, 1.82) is 0 Å². The molecule has 0 heterocycles. The number of halogens is 1. The summed E-state index contributed by atoms with van der Waals surface area (Å²) < 4.78 is 19.3. The van der Waals surface area contributed by atoms with E-state index in [4.69, 9.17) is 4.74 Å². The first-order valence-corrected chi connectivity index (χ1v) is 6.77. The van der Waals surface area contributed by atoms with Gasteiger partial charge in [0.25, 0.3) is 0 Å².